The Hall–Kier alpha value is -0.950. The van der Waals surface area contributed by atoms with Gasteiger partial charge in [0.25, 0.3) is 0 Å². The van der Waals surface area contributed by atoms with Crippen LogP contribution in [0.25, 0.3) is 9.40 Å². The summed E-state index contributed by atoms with van der Waals surface area (Å²) in [6, 6.07) is 7.48. The molecule has 0 saturated carbocycles. The second-order valence-electron chi connectivity index (χ2n) is 4.53. The molecule has 1 atom stereocenters. The fourth-order valence-electron chi connectivity index (χ4n) is 2.32. The largest absolute Gasteiger partial charge is 0.496 e. The maximum atomic E-state index is 13.7. The number of fused-ring (bicyclic) bond motifs is 1. The fraction of sp³-hybridized carbons (Fsp3) is 0.200. The summed E-state index contributed by atoms with van der Waals surface area (Å²) in [6.07, 6.45) is 0. The van der Waals surface area contributed by atoms with Gasteiger partial charge in [0.05, 0.1) is 17.6 Å². The summed E-state index contributed by atoms with van der Waals surface area (Å²) in [5.74, 6) is 0.226. The molecule has 2 heterocycles. The van der Waals surface area contributed by atoms with E-state index in [9.17, 15) is 4.39 Å². The van der Waals surface area contributed by atoms with Gasteiger partial charge in [0, 0.05) is 25.9 Å². The van der Waals surface area contributed by atoms with Crippen molar-refractivity contribution in [3.05, 3.63) is 50.4 Å². The molecule has 0 aliphatic rings. The number of methoxy groups -OCH3 is 1. The molecule has 1 unspecified atom stereocenters. The number of thiophene rings is 2. The van der Waals surface area contributed by atoms with Crippen molar-refractivity contribution in [3.8, 4) is 5.75 Å². The predicted molar refractivity (Wildman–Crippen MR) is 91.3 cm³/mol. The maximum absolute atomic E-state index is 13.7. The Balaban J connectivity index is 2.11. The first-order valence-electron chi connectivity index (χ1n) is 6.31. The zero-order valence-electron chi connectivity index (χ0n) is 11.4. The molecule has 3 rings (SSSR count). The van der Waals surface area contributed by atoms with Crippen molar-refractivity contribution in [1.29, 1.82) is 0 Å². The molecule has 2 nitrogen and oxygen atoms in total. The zero-order valence-corrected chi connectivity index (χ0v) is 14.7. The first-order valence-corrected chi connectivity index (χ1v) is 8.80. The van der Waals surface area contributed by atoms with Crippen molar-refractivity contribution in [2.45, 2.75) is 6.04 Å². The van der Waals surface area contributed by atoms with E-state index in [1.54, 1.807) is 35.8 Å². The monoisotopic (exact) mass is 385 g/mol. The van der Waals surface area contributed by atoms with E-state index < -0.39 is 0 Å². The molecule has 1 aromatic carbocycles. The third kappa shape index (κ3) is 2.73. The lowest BCUT2D eigenvalue weighted by Gasteiger charge is -2.19. The van der Waals surface area contributed by atoms with E-state index >= 15 is 0 Å². The van der Waals surface area contributed by atoms with E-state index in [0.717, 1.165) is 5.56 Å². The van der Waals surface area contributed by atoms with Crippen LogP contribution in [0.5, 0.6) is 5.75 Å². The van der Waals surface area contributed by atoms with Crippen LogP contribution in [-0.2, 0) is 0 Å². The Morgan fingerprint density at radius 1 is 1.29 bits per heavy atom. The Morgan fingerprint density at radius 3 is 2.76 bits per heavy atom. The lowest BCUT2D eigenvalue weighted by atomic mass is 10.0. The molecule has 6 heteroatoms. The highest BCUT2D eigenvalue weighted by Gasteiger charge is 2.21. The Bertz CT molecular complexity index is 755. The molecule has 0 spiro atoms. The first-order chi connectivity index (χ1) is 10.1. The number of nitrogens with one attached hydrogen (secondary N) is 1. The summed E-state index contributed by atoms with van der Waals surface area (Å²) in [5, 5.41) is 5.39. The van der Waals surface area contributed by atoms with Crippen molar-refractivity contribution >= 4 is 48.0 Å². The molecule has 0 fully saturated rings. The van der Waals surface area contributed by atoms with Crippen LogP contribution in [0, 0.1) is 5.82 Å². The highest BCUT2D eigenvalue weighted by molar-refractivity contribution is 9.10. The molecular formula is C15H13BrFNOS2. The van der Waals surface area contributed by atoms with E-state index in [-0.39, 0.29) is 11.9 Å². The van der Waals surface area contributed by atoms with Crippen LogP contribution in [0.2, 0.25) is 0 Å². The Morgan fingerprint density at radius 2 is 2.10 bits per heavy atom. The van der Waals surface area contributed by atoms with Crippen LogP contribution in [0.3, 0.4) is 0 Å². The molecule has 1 N–H and O–H groups in total. The van der Waals surface area contributed by atoms with Gasteiger partial charge in [0.15, 0.2) is 0 Å². The maximum Gasteiger partial charge on any atom is 0.141 e. The van der Waals surface area contributed by atoms with Crippen LogP contribution >= 0.6 is 38.6 Å². The van der Waals surface area contributed by atoms with E-state index in [0.29, 0.717) is 10.2 Å². The first kappa shape index (κ1) is 15.0. The molecule has 0 aliphatic carbocycles. The fourth-order valence-corrected chi connectivity index (χ4v) is 4.93. The van der Waals surface area contributed by atoms with Crippen molar-refractivity contribution < 1.29 is 9.13 Å². The van der Waals surface area contributed by atoms with Crippen LogP contribution in [0.15, 0.2) is 34.1 Å². The standard InChI is InChI=1S/C15H13BrFNOS2/c1-18-15(14-7-13-12(21-14)3-4-20-13)8-5-9(16)10(17)6-11(8)19-2/h3-7,15,18H,1-2H3. The number of rotatable bonds is 4. The smallest absolute Gasteiger partial charge is 0.141 e. The summed E-state index contributed by atoms with van der Waals surface area (Å²) in [7, 11) is 3.46. The van der Waals surface area contributed by atoms with Crippen molar-refractivity contribution in [1.82, 2.24) is 5.32 Å². The zero-order chi connectivity index (χ0) is 15.0. The summed E-state index contributed by atoms with van der Waals surface area (Å²) in [5.41, 5.74) is 0.919. The summed E-state index contributed by atoms with van der Waals surface area (Å²) in [6.45, 7) is 0. The predicted octanol–water partition coefficient (Wildman–Crippen LogP) is 5.18. The van der Waals surface area contributed by atoms with Crippen LogP contribution < -0.4 is 10.1 Å². The van der Waals surface area contributed by atoms with Gasteiger partial charge in [-0.2, -0.15) is 0 Å². The summed E-state index contributed by atoms with van der Waals surface area (Å²) < 4.78 is 22.0. The molecule has 0 radical (unpaired) electrons. The third-order valence-electron chi connectivity index (χ3n) is 3.32. The minimum absolute atomic E-state index is 0.0264. The summed E-state index contributed by atoms with van der Waals surface area (Å²) >= 11 is 6.73. The lowest BCUT2D eigenvalue weighted by Crippen LogP contribution is -2.17. The van der Waals surface area contributed by atoms with Gasteiger partial charge in [-0.15, -0.1) is 22.7 Å². The topological polar surface area (TPSA) is 21.3 Å². The second kappa shape index (κ2) is 6.04. The van der Waals surface area contributed by atoms with Crippen molar-refractivity contribution in [2.75, 3.05) is 14.2 Å². The average Bonchev–Trinajstić information content (AvgIpc) is 3.04. The number of benzene rings is 1. The molecule has 0 saturated heterocycles. The van der Waals surface area contributed by atoms with Gasteiger partial charge in [-0.25, -0.2) is 4.39 Å². The van der Waals surface area contributed by atoms with Crippen LogP contribution in [0.1, 0.15) is 16.5 Å². The second-order valence-corrected chi connectivity index (χ2v) is 7.45. The highest BCUT2D eigenvalue weighted by Crippen LogP contribution is 2.39. The van der Waals surface area contributed by atoms with Gasteiger partial charge in [0.2, 0.25) is 0 Å². The van der Waals surface area contributed by atoms with E-state index in [1.807, 2.05) is 7.05 Å². The van der Waals surface area contributed by atoms with Gasteiger partial charge in [-0.3, -0.25) is 0 Å². The van der Waals surface area contributed by atoms with Gasteiger partial charge < -0.3 is 10.1 Å². The minimum Gasteiger partial charge on any atom is -0.496 e. The van der Waals surface area contributed by atoms with Gasteiger partial charge in [-0.1, -0.05) is 0 Å². The number of ether oxygens (including phenoxy) is 1. The van der Waals surface area contributed by atoms with E-state index in [2.05, 4.69) is 38.8 Å². The average molecular weight is 386 g/mol. The van der Waals surface area contributed by atoms with Crippen molar-refractivity contribution in [3.63, 3.8) is 0 Å². The summed E-state index contributed by atoms with van der Waals surface area (Å²) in [4.78, 5) is 1.19. The highest BCUT2D eigenvalue weighted by atomic mass is 79.9. The number of halogens is 2. The van der Waals surface area contributed by atoms with Gasteiger partial charge in [-0.05, 0) is 46.6 Å². The van der Waals surface area contributed by atoms with Gasteiger partial charge >= 0.3 is 0 Å². The quantitative estimate of drug-likeness (QED) is 0.667. The molecule has 0 bridgehead atoms. The van der Waals surface area contributed by atoms with Crippen molar-refractivity contribution in [2.24, 2.45) is 0 Å². The number of hydrogen-bond acceptors (Lipinski definition) is 4. The molecule has 2 aromatic heterocycles. The molecule has 21 heavy (non-hydrogen) atoms. The lowest BCUT2D eigenvalue weighted by molar-refractivity contribution is 0.401. The SMILES string of the molecule is CNC(c1cc2sccc2s1)c1cc(Br)c(F)cc1OC. The Labute approximate surface area is 138 Å². The normalized spacial score (nSPS) is 12.8. The molecule has 0 aliphatic heterocycles. The van der Waals surface area contributed by atoms with E-state index in [4.69, 9.17) is 4.74 Å². The minimum atomic E-state index is -0.322. The molecule has 110 valence electrons. The Kier molecular flexibility index (Phi) is 4.31. The van der Waals surface area contributed by atoms with Crippen LogP contribution in [0.4, 0.5) is 4.39 Å². The molecule has 3 aromatic rings. The molecule has 0 amide bonds. The third-order valence-corrected chi connectivity index (χ3v) is 6.08. The van der Waals surface area contributed by atoms with E-state index in [1.165, 1.54) is 20.3 Å². The van der Waals surface area contributed by atoms with Crippen LogP contribution in [-0.4, -0.2) is 14.2 Å². The number of hydrogen-bond donors (Lipinski definition) is 1. The molecular weight excluding hydrogens is 373 g/mol. The van der Waals surface area contributed by atoms with Gasteiger partial charge in [0.1, 0.15) is 11.6 Å².